The van der Waals surface area contributed by atoms with E-state index in [1.165, 1.54) is 6.08 Å². The molecule has 0 bridgehead atoms. The van der Waals surface area contributed by atoms with Gasteiger partial charge in [-0.25, -0.2) is 0 Å². The van der Waals surface area contributed by atoms with Gasteiger partial charge in [-0.2, -0.15) is 0 Å². The Balaban J connectivity index is 1.87. The largest absolute Gasteiger partial charge is 0.375 e. The predicted octanol–water partition coefficient (Wildman–Crippen LogP) is 4.46. The molecule has 2 aromatic carbocycles. The van der Waals surface area contributed by atoms with Crippen LogP contribution in [0.1, 0.15) is 37.3 Å². The molecule has 3 rings (SSSR count). The normalized spacial score (nSPS) is 18.9. The molecule has 2 aromatic rings. The minimum absolute atomic E-state index is 0.277. The summed E-state index contributed by atoms with van der Waals surface area (Å²) in [5.41, 5.74) is 0.229. The molecular weight excluding hydrogens is 406 g/mol. The molecule has 0 aromatic heterocycles. The molecule has 0 fully saturated rings. The van der Waals surface area contributed by atoms with Gasteiger partial charge in [-0.05, 0) is 36.3 Å². The van der Waals surface area contributed by atoms with E-state index in [-0.39, 0.29) is 12.2 Å². The molecule has 0 unspecified atom stereocenters. The second-order valence-electron chi connectivity index (χ2n) is 6.72. The second kappa shape index (κ2) is 8.19. The number of carbonyl (C=O) groups excluding carboxylic acids is 2. The number of carbonyl (C=O) groups is 2. The first-order valence-corrected chi connectivity index (χ1v) is 9.85. The van der Waals surface area contributed by atoms with Gasteiger partial charge in [0.2, 0.25) is 0 Å². The number of anilines is 1. The van der Waals surface area contributed by atoms with Crippen molar-refractivity contribution in [2.24, 2.45) is 0 Å². The number of nitrogens with zero attached hydrogens (tertiary/aromatic N) is 1. The van der Waals surface area contributed by atoms with Crippen LogP contribution in [0.4, 0.5) is 5.69 Å². The Bertz CT molecular complexity index is 878. The third kappa shape index (κ3) is 4.04. The maximum atomic E-state index is 13.0. The number of hydrogen-bond acceptors (Lipinski definition) is 3. The van der Waals surface area contributed by atoms with Crippen LogP contribution in [0, 0.1) is 0 Å². The van der Waals surface area contributed by atoms with E-state index in [2.05, 4.69) is 15.9 Å². The lowest BCUT2D eigenvalue weighted by Gasteiger charge is -2.22. The fourth-order valence-corrected chi connectivity index (χ4v) is 3.66. The van der Waals surface area contributed by atoms with Crippen molar-refractivity contribution >= 4 is 39.4 Å². The SMILES string of the molecule is CCCCN1C(=O)[C@](O)(CC(=O)/C=C/c2ccccc2)c2cc(Br)ccc21. The van der Waals surface area contributed by atoms with E-state index in [0.29, 0.717) is 17.8 Å². The average Bonchev–Trinajstić information content (AvgIpc) is 2.86. The topological polar surface area (TPSA) is 57.6 Å². The van der Waals surface area contributed by atoms with Crippen LogP contribution < -0.4 is 4.90 Å². The summed E-state index contributed by atoms with van der Waals surface area (Å²) < 4.78 is 0.761. The summed E-state index contributed by atoms with van der Waals surface area (Å²) in [5, 5.41) is 11.2. The summed E-state index contributed by atoms with van der Waals surface area (Å²) in [6.45, 7) is 2.58. The lowest BCUT2D eigenvalue weighted by atomic mass is 9.89. The number of halogens is 1. The minimum Gasteiger partial charge on any atom is -0.375 e. The molecular formula is C22H22BrNO3. The highest BCUT2D eigenvalue weighted by atomic mass is 79.9. The molecule has 0 saturated carbocycles. The molecule has 27 heavy (non-hydrogen) atoms. The van der Waals surface area contributed by atoms with Gasteiger partial charge in [0.1, 0.15) is 0 Å². The number of aliphatic hydroxyl groups is 1. The number of unbranched alkanes of at least 4 members (excludes halogenated alkanes) is 1. The van der Waals surface area contributed by atoms with Crippen molar-refractivity contribution in [3.05, 3.63) is 70.2 Å². The third-order valence-electron chi connectivity index (χ3n) is 4.72. The van der Waals surface area contributed by atoms with Crippen molar-refractivity contribution < 1.29 is 14.7 Å². The third-order valence-corrected chi connectivity index (χ3v) is 5.21. The van der Waals surface area contributed by atoms with E-state index in [1.54, 1.807) is 17.0 Å². The van der Waals surface area contributed by atoms with Gasteiger partial charge >= 0.3 is 0 Å². The van der Waals surface area contributed by atoms with Gasteiger partial charge in [0.15, 0.2) is 11.4 Å². The van der Waals surface area contributed by atoms with Crippen LogP contribution in [0.3, 0.4) is 0 Å². The molecule has 0 spiro atoms. The summed E-state index contributed by atoms with van der Waals surface area (Å²) in [5.74, 6) is -0.719. The average molecular weight is 428 g/mol. The highest BCUT2D eigenvalue weighted by Gasteiger charge is 2.50. The molecule has 1 N–H and O–H groups in total. The number of fused-ring (bicyclic) bond motifs is 1. The molecule has 1 atom stereocenters. The summed E-state index contributed by atoms with van der Waals surface area (Å²) in [7, 11) is 0. The molecule has 0 aliphatic carbocycles. The van der Waals surface area contributed by atoms with Gasteiger partial charge in [0.25, 0.3) is 5.91 Å². The Kier molecular flexibility index (Phi) is 5.92. The van der Waals surface area contributed by atoms with Gasteiger partial charge in [0.05, 0.1) is 12.1 Å². The van der Waals surface area contributed by atoms with E-state index >= 15 is 0 Å². The summed E-state index contributed by atoms with van der Waals surface area (Å²) in [6.07, 6.45) is 4.61. The molecule has 1 amide bonds. The van der Waals surface area contributed by atoms with E-state index in [9.17, 15) is 14.7 Å². The zero-order chi connectivity index (χ0) is 19.4. The van der Waals surface area contributed by atoms with Crippen molar-refractivity contribution in [1.82, 2.24) is 0 Å². The monoisotopic (exact) mass is 427 g/mol. The Labute approximate surface area is 167 Å². The lowest BCUT2D eigenvalue weighted by Crippen LogP contribution is -2.42. The van der Waals surface area contributed by atoms with Crippen LogP contribution in [-0.2, 0) is 15.2 Å². The number of benzene rings is 2. The number of hydrogen-bond donors (Lipinski definition) is 1. The quantitative estimate of drug-likeness (QED) is 0.663. The van der Waals surface area contributed by atoms with Gasteiger partial charge in [0, 0.05) is 16.6 Å². The molecule has 4 nitrogen and oxygen atoms in total. The van der Waals surface area contributed by atoms with Crippen molar-refractivity contribution in [1.29, 1.82) is 0 Å². The molecule has 1 aliphatic heterocycles. The highest BCUT2D eigenvalue weighted by molar-refractivity contribution is 9.10. The summed E-state index contributed by atoms with van der Waals surface area (Å²) in [6, 6.07) is 14.8. The first kappa shape index (κ1) is 19.5. The fraction of sp³-hybridized carbons (Fsp3) is 0.273. The summed E-state index contributed by atoms with van der Waals surface area (Å²) in [4.78, 5) is 27.1. The standard InChI is InChI=1S/C22H22BrNO3/c1-2-3-13-24-20-12-10-17(23)14-19(20)22(27,21(24)26)15-18(25)11-9-16-7-5-4-6-8-16/h4-12,14,27H,2-3,13,15H2,1H3/b11-9+/t22-/m0/s1. The first-order valence-electron chi connectivity index (χ1n) is 9.06. The molecule has 1 aliphatic rings. The van der Waals surface area contributed by atoms with Crippen LogP contribution in [0.25, 0.3) is 6.08 Å². The molecule has 1 heterocycles. The maximum absolute atomic E-state index is 13.0. The summed E-state index contributed by atoms with van der Waals surface area (Å²) >= 11 is 3.40. The van der Waals surface area contributed by atoms with E-state index in [0.717, 1.165) is 22.9 Å². The molecule has 0 radical (unpaired) electrons. The second-order valence-corrected chi connectivity index (χ2v) is 7.63. The molecule has 5 heteroatoms. The van der Waals surface area contributed by atoms with Crippen molar-refractivity contribution in [2.45, 2.75) is 31.8 Å². The van der Waals surface area contributed by atoms with E-state index in [4.69, 9.17) is 0 Å². The van der Waals surface area contributed by atoms with Gasteiger partial charge in [-0.1, -0.05) is 65.7 Å². The lowest BCUT2D eigenvalue weighted by molar-refractivity contribution is -0.140. The zero-order valence-electron chi connectivity index (χ0n) is 15.2. The van der Waals surface area contributed by atoms with Crippen molar-refractivity contribution in [2.75, 3.05) is 11.4 Å². The Morgan fingerprint density at radius 3 is 2.67 bits per heavy atom. The number of ketones is 1. The van der Waals surface area contributed by atoms with Gasteiger partial charge in [-0.3, -0.25) is 9.59 Å². The minimum atomic E-state index is -1.83. The van der Waals surface area contributed by atoms with Crippen LogP contribution in [0.2, 0.25) is 0 Å². The Hall–Kier alpha value is -2.24. The predicted molar refractivity (Wildman–Crippen MR) is 110 cm³/mol. The molecule has 140 valence electrons. The highest BCUT2D eigenvalue weighted by Crippen LogP contribution is 2.43. The number of amides is 1. The Morgan fingerprint density at radius 1 is 1.22 bits per heavy atom. The van der Waals surface area contributed by atoms with Crippen LogP contribution >= 0.6 is 15.9 Å². The van der Waals surface area contributed by atoms with E-state index in [1.807, 2.05) is 49.4 Å². The van der Waals surface area contributed by atoms with Crippen molar-refractivity contribution in [3.63, 3.8) is 0 Å². The van der Waals surface area contributed by atoms with Gasteiger partial charge in [-0.15, -0.1) is 0 Å². The van der Waals surface area contributed by atoms with Crippen molar-refractivity contribution in [3.8, 4) is 0 Å². The first-order chi connectivity index (χ1) is 13.0. The number of allylic oxidation sites excluding steroid dienone is 1. The van der Waals surface area contributed by atoms with Crippen LogP contribution in [0.5, 0.6) is 0 Å². The van der Waals surface area contributed by atoms with Crippen LogP contribution in [0.15, 0.2) is 59.1 Å². The number of rotatable bonds is 7. The fourth-order valence-electron chi connectivity index (χ4n) is 3.30. The maximum Gasteiger partial charge on any atom is 0.264 e. The molecule has 0 saturated heterocycles. The van der Waals surface area contributed by atoms with Crippen LogP contribution in [-0.4, -0.2) is 23.3 Å². The van der Waals surface area contributed by atoms with E-state index < -0.39 is 11.5 Å². The van der Waals surface area contributed by atoms with Gasteiger partial charge < -0.3 is 10.0 Å². The Morgan fingerprint density at radius 2 is 1.96 bits per heavy atom. The zero-order valence-corrected chi connectivity index (χ0v) is 16.8. The smallest absolute Gasteiger partial charge is 0.264 e.